The molecule has 4 nitrogen and oxygen atoms in total. The Bertz CT molecular complexity index is 692. The van der Waals surface area contributed by atoms with Gasteiger partial charge in [0.25, 0.3) is 0 Å². The van der Waals surface area contributed by atoms with Gasteiger partial charge in [0.2, 0.25) is 5.91 Å². The van der Waals surface area contributed by atoms with Gasteiger partial charge < -0.3 is 16.4 Å². The van der Waals surface area contributed by atoms with E-state index in [1.54, 1.807) is 6.07 Å². The lowest BCUT2D eigenvalue weighted by atomic mass is 9.88. The predicted molar refractivity (Wildman–Crippen MR) is 103 cm³/mol. The van der Waals surface area contributed by atoms with E-state index < -0.39 is 11.7 Å². The van der Waals surface area contributed by atoms with E-state index in [9.17, 15) is 18.0 Å². The Balaban J connectivity index is 1.63. The Morgan fingerprint density at radius 1 is 1.29 bits per heavy atom. The number of carbonyl (C=O) groups is 1. The topological polar surface area (TPSA) is 67.2 Å². The Hall–Kier alpha value is -1.60. The molecule has 1 unspecified atom stereocenters. The van der Waals surface area contributed by atoms with Gasteiger partial charge >= 0.3 is 6.18 Å². The van der Waals surface area contributed by atoms with Crippen LogP contribution in [0.2, 0.25) is 0 Å². The molecule has 1 aliphatic heterocycles. The summed E-state index contributed by atoms with van der Waals surface area (Å²) in [4.78, 5) is 11.8. The van der Waals surface area contributed by atoms with E-state index in [4.69, 9.17) is 5.73 Å². The number of primary amides is 1. The van der Waals surface area contributed by atoms with Crippen molar-refractivity contribution in [2.45, 2.75) is 63.8 Å². The van der Waals surface area contributed by atoms with E-state index in [0.717, 1.165) is 25.5 Å². The molecule has 2 aliphatic rings. The lowest BCUT2D eigenvalue weighted by molar-refractivity contribution is -0.137. The Labute approximate surface area is 164 Å². The zero-order valence-electron chi connectivity index (χ0n) is 16.4. The van der Waals surface area contributed by atoms with Gasteiger partial charge in [0.05, 0.1) is 11.6 Å². The van der Waals surface area contributed by atoms with Gasteiger partial charge in [-0.25, -0.2) is 0 Å². The first kappa shape index (κ1) is 21.1. The van der Waals surface area contributed by atoms with Crippen molar-refractivity contribution in [1.82, 2.24) is 10.6 Å². The smallest absolute Gasteiger partial charge is 0.368 e. The molecular formula is C21H30F3N3O. The van der Waals surface area contributed by atoms with E-state index in [1.165, 1.54) is 12.1 Å². The largest absolute Gasteiger partial charge is 0.416 e. The molecule has 4 N–H and O–H groups in total. The van der Waals surface area contributed by atoms with Crippen LogP contribution in [0.4, 0.5) is 13.2 Å². The summed E-state index contributed by atoms with van der Waals surface area (Å²) in [6.07, 6.45) is -1.04. The number of fused-ring (bicyclic) bond motifs is 1. The highest BCUT2D eigenvalue weighted by molar-refractivity contribution is 5.79. The van der Waals surface area contributed by atoms with Crippen molar-refractivity contribution in [3.8, 4) is 0 Å². The highest BCUT2D eigenvalue weighted by atomic mass is 19.4. The lowest BCUT2D eigenvalue weighted by Crippen LogP contribution is -2.49. The highest BCUT2D eigenvalue weighted by Gasteiger charge is 2.45. The van der Waals surface area contributed by atoms with E-state index in [2.05, 4.69) is 24.5 Å². The maximum absolute atomic E-state index is 13.0. The fourth-order valence-corrected chi connectivity index (χ4v) is 4.89. The van der Waals surface area contributed by atoms with Crippen molar-refractivity contribution in [3.63, 3.8) is 0 Å². The lowest BCUT2D eigenvalue weighted by Gasteiger charge is -2.26. The Morgan fingerprint density at radius 3 is 2.68 bits per heavy atom. The maximum atomic E-state index is 13.0. The van der Waals surface area contributed by atoms with Crippen molar-refractivity contribution < 1.29 is 18.0 Å². The van der Waals surface area contributed by atoms with E-state index in [1.807, 2.05) is 0 Å². The van der Waals surface area contributed by atoms with Gasteiger partial charge in [0.15, 0.2) is 0 Å². The number of hydrogen-bond acceptors (Lipinski definition) is 3. The molecule has 28 heavy (non-hydrogen) atoms. The van der Waals surface area contributed by atoms with Crippen LogP contribution in [0.25, 0.3) is 0 Å². The number of halogens is 3. The number of nitrogens with two attached hydrogens (primary N) is 1. The van der Waals surface area contributed by atoms with Gasteiger partial charge in [0, 0.05) is 18.6 Å². The molecule has 1 amide bonds. The summed E-state index contributed by atoms with van der Waals surface area (Å²) in [5.41, 5.74) is 5.68. The second-order valence-electron chi connectivity index (χ2n) is 8.68. The van der Waals surface area contributed by atoms with Gasteiger partial charge in [-0.1, -0.05) is 32.0 Å². The third kappa shape index (κ3) is 4.87. The van der Waals surface area contributed by atoms with Crippen molar-refractivity contribution in [1.29, 1.82) is 0 Å². The minimum Gasteiger partial charge on any atom is -0.368 e. The van der Waals surface area contributed by atoms with Gasteiger partial charge in [0.1, 0.15) is 0 Å². The fourth-order valence-electron chi connectivity index (χ4n) is 4.89. The van der Waals surface area contributed by atoms with Crippen LogP contribution >= 0.6 is 0 Å². The molecule has 7 heteroatoms. The number of carbonyl (C=O) groups excluding carboxylic acids is 1. The first-order valence-electron chi connectivity index (χ1n) is 10.1. The second-order valence-corrected chi connectivity index (χ2v) is 8.68. The van der Waals surface area contributed by atoms with Crippen LogP contribution in [0, 0.1) is 17.8 Å². The predicted octanol–water partition coefficient (Wildman–Crippen LogP) is 3.10. The van der Waals surface area contributed by atoms with Crippen LogP contribution in [-0.2, 0) is 17.4 Å². The summed E-state index contributed by atoms with van der Waals surface area (Å²) in [6, 6.07) is 5.67. The molecule has 1 heterocycles. The molecule has 1 saturated heterocycles. The van der Waals surface area contributed by atoms with Crippen molar-refractivity contribution in [2.24, 2.45) is 23.5 Å². The molecule has 0 radical (unpaired) electrons. The molecule has 2 fully saturated rings. The SMILES string of the molecule is CC(C)C[C@H](N[C@H]1CC[C@@H]2C(Cc3cccc(C(F)(F)F)c3)NC[C@H]12)C(N)=O. The molecule has 1 aromatic rings. The number of alkyl halides is 3. The van der Waals surface area contributed by atoms with Crippen LogP contribution in [-0.4, -0.2) is 30.6 Å². The van der Waals surface area contributed by atoms with Crippen molar-refractivity contribution >= 4 is 5.91 Å². The summed E-state index contributed by atoms with van der Waals surface area (Å²) in [5, 5.41) is 6.97. The Kier molecular flexibility index (Phi) is 6.34. The first-order chi connectivity index (χ1) is 13.1. The number of benzene rings is 1. The molecule has 3 rings (SSSR count). The van der Waals surface area contributed by atoms with Gasteiger partial charge in [-0.15, -0.1) is 0 Å². The number of nitrogens with one attached hydrogen (secondary N) is 2. The maximum Gasteiger partial charge on any atom is 0.416 e. The Morgan fingerprint density at radius 2 is 2.04 bits per heavy atom. The molecular weight excluding hydrogens is 367 g/mol. The van der Waals surface area contributed by atoms with Crippen LogP contribution < -0.4 is 16.4 Å². The van der Waals surface area contributed by atoms with E-state index >= 15 is 0 Å². The molecule has 156 valence electrons. The van der Waals surface area contributed by atoms with Gasteiger partial charge in [-0.2, -0.15) is 13.2 Å². The minimum atomic E-state index is -4.32. The quantitative estimate of drug-likeness (QED) is 0.662. The van der Waals surface area contributed by atoms with Crippen molar-refractivity contribution in [3.05, 3.63) is 35.4 Å². The highest BCUT2D eigenvalue weighted by Crippen LogP contribution is 2.40. The van der Waals surface area contributed by atoms with Crippen LogP contribution in [0.3, 0.4) is 0 Å². The third-order valence-electron chi connectivity index (χ3n) is 6.19. The summed E-state index contributed by atoms with van der Waals surface area (Å²) in [6.45, 7) is 4.95. The average molecular weight is 397 g/mol. The van der Waals surface area contributed by atoms with Crippen molar-refractivity contribution in [2.75, 3.05) is 6.54 Å². The van der Waals surface area contributed by atoms with Gasteiger partial charge in [-0.05, 0) is 55.1 Å². The summed E-state index contributed by atoms with van der Waals surface area (Å²) < 4.78 is 38.9. The molecule has 5 atom stereocenters. The zero-order valence-corrected chi connectivity index (χ0v) is 16.4. The average Bonchev–Trinajstić information content (AvgIpc) is 3.17. The molecule has 0 aromatic heterocycles. The minimum absolute atomic E-state index is 0.164. The monoisotopic (exact) mass is 397 g/mol. The van der Waals surface area contributed by atoms with Crippen LogP contribution in [0.5, 0.6) is 0 Å². The molecule has 0 bridgehead atoms. The summed E-state index contributed by atoms with van der Waals surface area (Å²) >= 11 is 0. The first-order valence-corrected chi connectivity index (χ1v) is 10.1. The fraction of sp³-hybridized carbons (Fsp3) is 0.667. The van der Waals surface area contributed by atoms with E-state index in [0.29, 0.717) is 36.2 Å². The standard InChI is InChI=1S/C21H30F3N3O/c1-12(2)8-19(20(25)28)27-17-7-6-15-16(17)11-26-18(15)10-13-4-3-5-14(9-13)21(22,23)24/h3-5,9,12,15-19,26-27H,6-8,10-11H2,1-2H3,(H2,25,28)/t15-,16-,17-,18?,19-/m0/s1. The normalized spacial score (nSPS) is 28.5. The van der Waals surface area contributed by atoms with Crippen LogP contribution in [0.1, 0.15) is 44.2 Å². The molecule has 1 aliphatic carbocycles. The summed E-state index contributed by atoms with van der Waals surface area (Å²) in [5.74, 6) is 0.839. The molecule has 0 spiro atoms. The van der Waals surface area contributed by atoms with Crippen LogP contribution in [0.15, 0.2) is 24.3 Å². The van der Waals surface area contributed by atoms with Gasteiger partial charge in [-0.3, -0.25) is 4.79 Å². The zero-order chi connectivity index (χ0) is 20.5. The molecule has 1 aromatic carbocycles. The number of amides is 1. The second kappa shape index (κ2) is 8.41. The molecule has 1 saturated carbocycles. The summed E-state index contributed by atoms with van der Waals surface area (Å²) in [7, 11) is 0. The third-order valence-corrected chi connectivity index (χ3v) is 6.19. The van der Waals surface area contributed by atoms with E-state index in [-0.39, 0.29) is 24.0 Å². The number of rotatable bonds is 7. The number of hydrogen-bond donors (Lipinski definition) is 3.